The van der Waals surface area contributed by atoms with Gasteiger partial charge in [0, 0.05) is 17.1 Å². The number of hydrogen-bond acceptors (Lipinski definition) is 3. The zero-order chi connectivity index (χ0) is 17.5. The van der Waals surface area contributed by atoms with E-state index >= 15 is 0 Å². The Labute approximate surface area is 146 Å². The lowest BCUT2D eigenvalue weighted by atomic mass is 10.2. The second-order valence-electron chi connectivity index (χ2n) is 5.27. The number of carbonyl (C=O) groups is 2. The number of amides is 2. The van der Waals surface area contributed by atoms with E-state index in [-0.39, 0.29) is 11.8 Å². The van der Waals surface area contributed by atoms with E-state index in [0.717, 1.165) is 11.3 Å². The van der Waals surface area contributed by atoms with Crippen LogP contribution >= 0.6 is 11.6 Å². The molecule has 1 atom stereocenters. The van der Waals surface area contributed by atoms with Crippen molar-refractivity contribution in [2.45, 2.75) is 19.5 Å². The molecule has 2 aromatic rings. The first kappa shape index (κ1) is 17.8. The Hall–Kier alpha value is -2.53. The first-order valence-corrected chi connectivity index (χ1v) is 7.84. The zero-order valence-corrected chi connectivity index (χ0v) is 14.3. The van der Waals surface area contributed by atoms with Crippen molar-refractivity contribution in [2.75, 3.05) is 7.11 Å². The maximum atomic E-state index is 12.1. The van der Waals surface area contributed by atoms with Crippen molar-refractivity contribution in [2.24, 2.45) is 0 Å². The van der Waals surface area contributed by atoms with Crippen LogP contribution in [0.3, 0.4) is 0 Å². The van der Waals surface area contributed by atoms with Crippen molar-refractivity contribution in [3.8, 4) is 5.75 Å². The largest absolute Gasteiger partial charge is 0.497 e. The van der Waals surface area contributed by atoms with Crippen molar-refractivity contribution < 1.29 is 14.3 Å². The van der Waals surface area contributed by atoms with Crippen molar-refractivity contribution in [3.05, 3.63) is 64.7 Å². The summed E-state index contributed by atoms with van der Waals surface area (Å²) in [6, 6.07) is 13.2. The van der Waals surface area contributed by atoms with Crippen LogP contribution < -0.4 is 15.4 Å². The Morgan fingerprint density at radius 2 is 1.71 bits per heavy atom. The maximum absolute atomic E-state index is 12.1. The Morgan fingerprint density at radius 3 is 2.29 bits per heavy atom. The van der Waals surface area contributed by atoms with Gasteiger partial charge in [0.05, 0.1) is 7.11 Å². The summed E-state index contributed by atoms with van der Waals surface area (Å²) in [5.74, 6) is 0.181. The molecule has 0 saturated carbocycles. The second kappa shape index (κ2) is 8.36. The van der Waals surface area contributed by atoms with E-state index in [1.54, 1.807) is 38.3 Å². The fourth-order valence-electron chi connectivity index (χ4n) is 2.03. The van der Waals surface area contributed by atoms with Gasteiger partial charge >= 0.3 is 0 Å². The van der Waals surface area contributed by atoms with E-state index in [1.165, 1.54) is 0 Å². The molecule has 6 heteroatoms. The van der Waals surface area contributed by atoms with Crippen LogP contribution in [0, 0.1) is 0 Å². The number of benzene rings is 2. The van der Waals surface area contributed by atoms with Crippen molar-refractivity contribution >= 4 is 23.4 Å². The average molecular weight is 347 g/mol. The van der Waals surface area contributed by atoms with Gasteiger partial charge in [0.2, 0.25) is 5.91 Å². The molecule has 2 rings (SSSR count). The Bertz CT molecular complexity index is 699. The minimum absolute atomic E-state index is 0.256. The molecule has 0 aromatic heterocycles. The minimum Gasteiger partial charge on any atom is -0.497 e. The first-order valence-electron chi connectivity index (χ1n) is 7.46. The number of nitrogens with one attached hydrogen (secondary N) is 2. The predicted molar refractivity (Wildman–Crippen MR) is 93.2 cm³/mol. The molecule has 0 heterocycles. The van der Waals surface area contributed by atoms with Crippen molar-refractivity contribution in [3.63, 3.8) is 0 Å². The van der Waals surface area contributed by atoms with Gasteiger partial charge in [0.1, 0.15) is 11.8 Å². The highest BCUT2D eigenvalue weighted by Crippen LogP contribution is 2.11. The monoisotopic (exact) mass is 346 g/mol. The lowest BCUT2D eigenvalue weighted by Crippen LogP contribution is -2.44. The second-order valence-corrected chi connectivity index (χ2v) is 5.70. The van der Waals surface area contributed by atoms with Crippen LogP contribution in [0.5, 0.6) is 5.75 Å². The quantitative estimate of drug-likeness (QED) is 0.845. The first-order chi connectivity index (χ1) is 11.5. The van der Waals surface area contributed by atoms with Gasteiger partial charge < -0.3 is 15.4 Å². The fraction of sp³-hybridized carbons (Fsp3) is 0.222. The molecule has 0 radical (unpaired) electrons. The van der Waals surface area contributed by atoms with Gasteiger partial charge in [-0.1, -0.05) is 23.7 Å². The van der Waals surface area contributed by atoms with E-state index in [4.69, 9.17) is 16.3 Å². The van der Waals surface area contributed by atoms with Crippen LogP contribution in [0.2, 0.25) is 5.02 Å². The third-order valence-electron chi connectivity index (χ3n) is 3.47. The van der Waals surface area contributed by atoms with Crippen LogP contribution in [0.1, 0.15) is 22.8 Å². The van der Waals surface area contributed by atoms with Crippen molar-refractivity contribution in [1.29, 1.82) is 0 Å². The zero-order valence-electron chi connectivity index (χ0n) is 13.5. The number of halogens is 1. The molecule has 0 spiro atoms. The molecular formula is C18H19ClN2O3. The molecule has 5 nitrogen and oxygen atoms in total. The number of hydrogen-bond donors (Lipinski definition) is 2. The summed E-state index contributed by atoms with van der Waals surface area (Å²) in [6.07, 6.45) is 0. The van der Waals surface area contributed by atoms with E-state index in [9.17, 15) is 9.59 Å². The minimum atomic E-state index is -0.647. The van der Waals surface area contributed by atoms with Gasteiger partial charge in [-0.3, -0.25) is 9.59 Å². The van der Waals surface area contributed by atoms with Crippen LogP contribution in [-0.2, 0) is 11.3 Å². The van der Waals surface area contributed by atoms with E-state index < -0.39 is 6.04 Å². The summed E-state index contributed by atoms with van der Waals surface area (Å²) in [7, 11) is 1.60. The summed E-state index contributed by atoms with van der Waals surface area (Å²) < 4.78 is 5.08. The van der Waals surface area contributed by atoms with Gasteiger partial charge in [0.25, 0.3) is 5.91 Å². The molecule has 2 N–H and O–H groups in total. The number of methoxy groups -OCH3 is 1. The summed E-state index contributed by atoms with van der Waals surface area (Å²) in [4.78, 5) is 24.2. The Balaban J connectivity index is 1.84. The molecule has 126 valence electrons. The van der Waals surface area contributed by atoms with Gasteiger partial charge in [0.15, 0.2) is 0 Å². The van der Waals surface area contributed by atoms with Gasteiger partial charge in [-0.05, 0) is 48.9 Å². The molecule has 0 aliphatic carbocycles. The molecule has 0 fully saturated rings. The smallest absolute Gasteiger partial charge is 0.251 e. The molecule has 0 saturated heterocycles. The number of carbonyl (C=O) groups excluding carboxylic acids is 2. The molecule has 2 amide bonds. The van der Waals surface area contributed by atoms with E-state index in [0.29, 0.717) is 17.1 Å². The van der Waals surface area contributed by atoms with Crippen molar-refractivity contribution in [1.82, 2.24) is 10.6 Å². The van der Waals surface area contributed by atoms with E-state index in [1.807, 2.05) is 24.3 Å². The van der Waals surface area contributed by atoms with Gasteiger partial charge in [-0.25, -0.2) is 0 Å². The third kappa shape index (κ3) is 4.99. The van der Waals surface area contributed by atoms with Gasteiger partial charge in [-0.15, -0.1) is 0 Å². The molecule has 2 aromatic carbocycles. The Morgan fingerprint density at radius 1 is 1.08 bits per heavy atom. The van der Waals surface area contributed by atoms with Crippen LogP contribution in [0.25, 0.3) is 0 Å². The summed E-state index contributed by atoms with van der Waals surface area (Å²) in [5, 5.41) is 6.00. The maximum Gasteiger partial charge on any atom is 0.251 e. The summed E-state index contributed by atoms with van der Waals surface area (Å²) in [5.41, 5.74) is 1.40. The molecule has 24 heavy (non-hydrogen) atoms. The SMILES string of the molecule is COc1ccc(CNC(=O)C(C)NC(=O)c2ccc(Cl)cc2)cc1. The number of rotatable bonds is 6. The fourth-order valence-corrected chi connectivity index (χ4v) is 2.16. The van der Waals surface area contributed by atoms with Gasteiger partial charge in [-0.2, -0.15) is 0 Å². The highest BCUT2D eigenvalue weighted by atomic mass is 35.5. The predicted octanol–water partition coefficient (Wildman–Crippen LogP) is 2.78. The summed E-state index contributed by atoms with van der Waals surface area (Å²) in [6.45, 7) is 2.02. The molecule has 1 unspecified atom stereocenters. The molecular weight excluding hydrogens is 328 g/mol. The average Bonchev–Trinajstić information content (AvgIpc) is 2.60. The standard InChI is InChI=1S/C18H19ClN2O3/c1-12(21-18(23)14-5-7-15(19)8-6-14)17(22)20-11-13-3-9-16(24-2)10-4-13/h3-10,12H,11H2,1-2H3,(H,20,22)(H,21,23). The topological polar surface area (TPSA) is 67.4 Å². The van der Waals surface area contributed by atoms with Crippen LogP contribution in [0.4, 0.5) is 0 Å². The highest BCUT2D eigenvalue weighted by molar-refractivity contribution is 6.30. The molecule has 0 aliphatic rings. The van der Waals surface area contributed by atoms with Crippen LogP contribution in [-0.4, -0.2) is 25.0 Å². The molecule has 0 aliphatic heterocycles. The molecule has 0 bridgehead atoms. The summed E-state index contributed by atoms with van der Waals surface area (Å²) >= 11 is 5.79. The number of ether oxygens (including phenoxy) is 1. The van der Waals surface area contributed by atoms with Crippen LogP contribution in [0.15, 0.2) is 48.5 Å². The lowest BCUT2D eigenvalue weighted by Gasteiger charge is -2.14. The lowest BCUT2D eigenvalue weighted by molar-refractivity contribution is -0.122. The normalized spacial score (nSPS) is 11.5. The third-order valence-corrected chi connectivity index (χ3v) is 3.73. The Kier molecular flexibility index (Phi) is 6.21. The van der Waals surface area contributed by atoms with E-state index in [2.05, 4.69) is 10.6 Å². The highest BCUT2D eigenvalue weighted by Gasteiger charge is 2.16.